The summed E-state index contributed by atoms with van der Waals surface area (Å²) in [6.07, 6.45) is 6.02. The molecule has 0 saturated heterocycles. The fraction of sp³-hybridized carbons (Fsp3) is 0.471. The third-order valence-electron chi connectivity index (χ3n) is 3.40. The molecule has 4 heteroatoms. The van der Waals surface area contributed by atoms with E-state index in [4.69, 9.17) is 4.74 Å². The Hall–Kier alpha value is -1.81. The molecule has 1 N–H and O–H groups in total. The lowest BCUT2D eigenvalue weighted by molar-refractivity contribution is 0.293. The van der Waals surface area contributed by atoms with Gasteiger partial charge in [0.25, 0.3) is 0 Å². The average molecular weight is 287 g/mol. The summed E-state index contributed by atoms with van der Waals surface area (Å²) >= 11 is 0. The highest BCUT2D eigenvalue weighted by atomic mass is 16.5. The van der Waals surface area contributed by atoms with Crippen molar-refractivity contribution < 1.29 is 4.74 Å². The molecule has 0 atom stereocenters. The zero-order valence-electron chi connectivity index (χ0n) is 13.0. The topological polar surface area (TPSA) is 39.1 Å². The van der Waals surface area contributed by atoms with Gasteiger partial charge in [0, 0.05) is 30.9 Å². The molecule has 0 saturated carbocycles. The highest BCUT2D eigenvalue weighted by molar-refractivity contribution is 5.33. The van der Waals surface area contributed by atoms with Crippen LogP contribution in [0.2, 0.25) is 0 Å². The summed E-state index contributed by atoms with van der Waals surface area (Å²) in [5.41, 5.74) is 1.21. The molecule has 0 fully saturated rings. The normalized spacial score (nSPS) is 10.8. The van der Waals surface area contributed by atoms with Crippen LogP contribution in [0.4, 0.5) is 0 Å². The Balaban J connectivity index is 1.89. The monoisotopic (exact) mass is 287 g/mol. The van der Waals surface area contributed by atoms with E-state index in [2.05, 4.69) is 40.8 Å². The standard InChI is InChI=1S/C17H25N3O/c1-3-7-17-19-10-11-20(17)12-13-21-16-9-6-5-8-15(16)14-18-4-2/h5-6,8-11,18H,3-4,7,12-14H2,1-2H3. The maximum absolute atomic E-state index is 5.95. The number of para-hydroxylation sites is 1. The number of hydrogen-bond acceptors (Lipinski definition) is 3. The molecule has 1 heterocycles. The minimum absolute atomic E-state index is 0.663. The van der Waals surface area contributed by atoms with Gasteiger partial charge in [-0.3, -0.25) is 0 Å². The molecule has 2 aromatic rings. The number of hydrogen-bond donors (Lipinski definition) is 1. The largest absolute Gasteiger partial charge is 0.491 e. The van der Waals surface area contributed by atoms with Gasteiger partial charge in [-0.15, -0.1) is 0 Å². The molecule has 2 rings (SSSR count). The molecular weight excluding hydrogens is 262 g/mol. The number of imidazole rings is 1. The van der Waals surface area contributed by atoms with Crippen molar-refractivity contribution in [1.82, 2.24) is 14.9 Å². The molecule has 0 spiro atoms. The van der Waals surface area contributed by atoms with Gasteiger partial charge in [0.05, 0.1) is 6.54 Å². The third kappa shape index (κ3) is 4.60. The van der Waals surface area contributed by atoms with Gasteiger partial charge in [-0.2, -0.15) is 0 Å². The first-order chi connectivity index (χ1) is 10.3. The minimum Gasteiger partial charge on any atom is -0.491 e. The summed E-state index contributed by atoms with van der Waals surface area (Å²) in [6, 6.07) is 8.21. The van der Waals surface area contributed by atoms with Gasteiger partial charge < -0.3 is 14.6 Å². The summed E-state index contributed by atoms with van der Waals surface area (Å²) in [6.45, 7) is 7.59. The van der Waals surface area contributed by atoms with E-state index in [1.54, 1.807) is 0 Å². The van der Waals surface area contributed by atoms with Crippen LogP contribution in [0.25, 0.3) is 0 Å². The maximum atomic E-state index is 5.95. The number of nitrogens with one attached hydrogen (secondary N) is 1. The van der Waals surface area contributed by atoms with Crippen molar-refractivity contribution in [3.63, 3.8) is 0 Å². The predicted molar refractivity (Wildman–Crippen MR) is 85.5 cm³/mol. The average Bonchev–Trinajstić information content (AvgIpc) is 2.94. The molecule has 4 nitrogen and oxygen atoms in total. The van der Waals surface area contributed by atoms with E-state index in [1.165, 1.54) is 5.56 Å². The zero-order valence-corrected chi connectivity index (χ0v) is 13.0. The summed E-state index contributed by atoms with van der Waals surface area (Å²) in [5.74, 6) is 2.11. The van der Waals surface area contributed by atoms with E-state index in [0.29, 0.717) is 6.61 Å². The molecule has 0 radical (unpaired) electrons. The molecular formula is C17H25N3O. The first kappa shape index (κ1) is 15.6. The van der Waals surface area contributed by atoms with Gasteiger partial charge in [0.2, 0.25) is 0 Å². The first-order valence-electron chi connectivity index (χ1n) is 7.76. The molecule has 114 valence electrons. The number of rotatable bonds is 9. The Bertz CT molecular complexity index is 536. The van der Waals surface area contributed by atoms with E-state index in [0.717, 1.165) is 44.0 Å². The van der Waals surface area contributed by atoms with Crippen molar-refractivity contribution in [2.24, 2.45) is 0 Å². The van der Waals surface area contributed by atoms with Crippen molar-refractivity contribution in [1.29, 1.82) is 0 Å². The minimum atomic E-state index is 0.663. The Morgan fingerprint density at radius 1 is 1.24 bits per heavy atom. The summed E-state index contributed by atoms with van der Waals surface area (Å²) < 4.78 is 8.13. The first-order valence-corrected chi connectivity index (χ1v) is 7.76. The summed E-state index contributed by atoms with van der Waals surface area (Å²) in [5, 5.41) is 3.34. The van der Waals surface area contributed by atoms with Gasteiger partial charge in [0.15, 0.2) is 0 Å². The second-order valence-electron chi connectivity index (χ2n) is 5.02. The molecule has 0 aliphatic heterocycles. The molecule has 0 aliphatic rings. The number of aromatic nitrogens is 2. The molecule has 21 heavy (non-hydrogen) atoms. The van der Waals surface area contributed by atoms with Gasteiger partial charge >= 0.3 is 0 Å². The summed E-state index contributed by atoms with van der Waals surface area (Å²) in [7, 11) is 0. The molecule has 0 bridgehead atoms. The van der Waals surface area contributed by atoms with Crippen LogP contribution >= 0.6 is 0 Å². The van der Waals surface area contributed by atoms with Crippen molar-refractivity contribution >= 4 is 0 Å². The molecule has 0 unspecified atom stereocenters. The molecule has 0 aliphatic carbocycles. The van der Waals surface area contributed by atoms with Crippen LogP contribution in [-0.4, -0.2) is 22.7 Å². The lowest BCUT2D eigenvalue weighted by atomic mass is 10.2. The van der Waals surface area contributed by atoms with Crippen molar-refractivity contribution in [3.8, 4) is 5.75 Å². The van der Waals surface area contributed by atoms with Crippen LogP contribution in [0.15, 0.2) is 36.7 Å². The van der Waals surface area contributed by atoms with Crippen LogP contribution in [0.3, 0.4) is 0 Å². The summed E-state index contributed by atoms with van der Waals surface area (Å²) in [4.78, 5) is 4.39. The van der Waals surface area contributed by atoms with Crippen LogP contribution in [0.5, 0.6) is 5.75 Å². The third-order valence-corrected chi connectivity index (χ3v) is 3.40. The SMILES string of the molecule is CCCc1nccn1CCOc1ccccc1CNCC. The van der Waals surface area contributed by atoms with E-state index >= 15 is 0 Å². The highest BCUT2D eigenvalue weighted by Gasteiger charge is 2.04. The van der Waals surface area contributed by atoms with Crippen molar-refractivity contribution in [2.75, 3.05) is 13.2 Å². The maximum Gasteiger partial charge on any atom is 0.123 e. The van der Waals surface area contributed by atoms with E-state index in [1.807, 2.05) is 24.5 Å². The Morgan fingerprint density at radius 2 is 2.10 bits per heavy atom. The lowest BCUT2D eigenvalue weighted by Crippen LogP contribution is -2.14. The van der Waals surface area contributed by atoms with Gasteiger partial charge in [0.1, 0.15) is 18.2 Å². The number of nitrogens with zero attached hydrogens (tertiary/aromatic N) is 2. The number of ether oxygens (including phenoxy) is 1. The quantitative estimate of drug-likeness (QED) is 0.770. The van der Waals surface area contributed by atoms with Gasteiger partial charge in [-0.1, -0.05) is 32.0 Å². The molecule has 1 aromatic carbocycles. The lowest BCUT2D eigenvalue weighted by Gasteiger charge is -2.13. The second kappa shape index (κ2) is 8.47. The van der Waals surface area contributed by atoms with Crippen molar-refractivity contribution in [3.05, 3.63) is 48.0 Å². The van der Waals surface area contributed by atoms with Gasteiger partial charge in [-0.05, 0) is 19.0 Å². The van der Waals surface area contributed by atoms with Gasteiger partial charge in [-0.25, -0.2) is 4.98 Å². The van der Waals surface area contributed by atoms with Crippen molar-refractivity contribution in [2.45, 2.75) is 39.8 Å². The highest BCUT2D eigenvalue weighted by Crippen LogP contribution is 2.17. The van der Waals surface area contributed by atoms with E-state index in [9.17, 15) is 0 Å². The molecule has 0 amide bonds. The van der Waals surface area contributed by atoms with E-state index in [-0.39, 0.29) is 0 Å². The fourth-order valence-corrected chi connectivity index (χ4v) is 2.30. The predicted octanol–water partition coefficient (Wildman–Crippen LogP) is 3.02. The van der Waals surface area contributed by atoms with Crippen LogP contribution < -0.4 is 10.1 Å². The van der Waals surface area contributed by atoms with Crippen LogP contribution in [0.1, 0.15) is 31.7 Å². The Kier molecular flexibility index (Phi) is 6.28. The number of aryl methyl sites for hydroxylation is 1. The Labute approximate surface area is 127 Å². The number of benzene rings is 1. The second-order valence-corrected chi connectivity index (χ2v) is 5.02. The Morgan fingerprint density at radius 3 is 2.90 bits per heavy atom. The van der Waals surface area contributed by atoms with Crippen LogP contribution in [-0.2, 0) is 19.5 Å². The zero-order chi connectivity index (χ0) is 14.9. The van der Waals surface area contributed by atoms with Crippen LogP contribution in [0, 0.1) is 0 Å². The smallest absolute Gasteiger partial charge is 0.123 e. The van der Waals surface area contributed by atoms with E-state index < -0.39 is 0 Å². The molecule has 1 aromatic heterocycles. The fourth-order valence-electron chi connectivity index (χ4n) is 2.30.